The Morgan fingerprint density at radius 2 is 2.10 bits per heavy atom. The fourth-order valence-corrected chi connectivity index (χ4v) is 2.89. The molecule has 0 bridgehead atoms. The molecule has 1 fully saturated rings. The van der Waals surface area contributed by atoms with Gasteiger partial charge in [-0.05, 0) is 36.4 Å². The van der Waals surface area contributed by atoms with Crippen LogP contribution in [-0.4, -0.2) is 42.7 Å². The maximum atomic E-state index is 10.9. The van der Waals surface area contributed by atoms with Gasteiger partial charge in [0.15, 0.2) is 0 Å². The van der Waals surface area contributed by atoms with Crippen molar-refractivity contribution in [2.45, 2.75) is 12.8 Å². The van der Waals surface area contributed by atoms with Gasteiger partial charge in [0.25, 0.3) is 0 Å². The molecule has 0 radical (unpaired) electrons. The summed E-state index contributed by atoms with van der Waals surface area (Å²) >= 11 is 0. The molecule has 1 N–H and O–H groups in total. The molecule has 0 unspecified atom stereocenters. The van der Waals surface area contributed by atoms with E-state index in [9.17, 15) is 4.79 Å². The topological polar surface area (TPSA) is 56.7 Å². The van der Waals surface area contributed by atoms with Gasteiger partial charge in [-0.25, -0.2) is 4.98 Å². The molecular formula is C16H19N3O2. The number of aromatic nitrogens is 1. The van der Waals surface area contributed by atoms with E-state index in [1.165, 1.54) is 18.5 Å². The van der Waals surface area contributed by atoms with Crippen molar-refractivity contribution < 1.29 is 9.90 Å². The molecule has 5 heteroatoms. The van der Waals surface area contributed by atoms with Crippen LogP contribution in [0.25, 0.3) is 10.8 Å². The SMILES string of the molecule is CN(CC(=O)O)c1nccc2ccc(N3CCCC3)cc12. The maximum absolute atomic E-state index is 10.9. The van der Waals surface area contributed by atoms with Gasteiger partial charge in [0, 0.05) is 37.4 Å². The average Bonchev–Trinajstić information content (AvgIpc) is 2.99. The Balaban J connectivity index is 2.02. The third kappa shape index (κ3) is 2.77. The smallest absolute Gasteiger partial charge is 0.323 e. The van der Waals surface area contributed by atoms with Crippen LogP contribution in [0.3, 0.4) is 0 Å². The largest absolute Gasteiger partial charge is 0.480 e. The Hall–Kier alpha value is -2.30. The number of hydrogen-bond acceptors (Lipinski definition) is 4. The number of benzene rings is 1. The van der Waals surface area contributed by atoms with Crippen molar-refractivity contribution in [1.82, 2.24) is 4.98 Å². The van der Waals surface area contributed by atoms with Crippen LogP contribution in [0.4, 0.5) is 11.5 Å². The summed E-state index contributed by atoms with van der Waals surface area (Å²) in [5, 5.41) is 11.1. The number of fused-ring (bicyclic) bond motifs is 1. The molecule has 0 aliphatic carbocycles. The van der Waals surface area contributed by atoms with Crippen LogP contribution in [0.5, 0.6) is 0 Å². The lowest BCUT2D eigenvalue weighted by Crippen LogP contribution is -2.26. The summed E-state index contributed by atoms with van der Waals surface area (Å²) in [6, 6.07) is 8.31. The number of hydrogen-bond donors (Lipinski definition) is 1. The maximum Gasteiger partial charge on any atom is 0.323 e. The number of carboxylic acid groups (broad SMARTS) is 1. The number of likely N-dealkylation sites (N-methyl/N-ethyl adjacent to an activating group) is 1. The zero-order chi connectivity index (χ0) is 14.8. The molecule has 0 atom stereocenters. The highest BCUT2D eigenvalue weighted by molar-refractivity contribution is 5.95. The lowest BCUT2D eigenvalue weighted by atomic mass is 10.1. The van der Waals surface area contributed by atoms with Gasteiger partial charge >= 0.3 is 5.97 Å². The summed E-state index contributed by atoms with van der Waals surface area (Å²) in [6.45, 7) is 2.12. The van der Waals surface area contributed by atoms with Crippen LogP contribution in [-0.2, 0) is 4.79 Å². The van der Waals surface area contributed by atoms with Crippen LogP contribution in [0, 0.1) is 0 Å². The molecule has 1 aliphatic rings. The molecule has 3 rings (SSSR count). The summed E-state index contributed by atoms with van der Waals surface area (Å²) in [5.41, 5.74) is 1.19. The number of aliphatic carboxylic acids is 1. The molecule has 0 amide bonds. The molecule has 1 aromatic heterocycles. The summed E-state index contributed by atoms with van der Waals surface area (Å²) in [5.74, 6) is -0.136. The minimum absolute atomic E-state index is 0.0555. The molecule has 5 nitrogen and oxygen atoms in total. The highest BCUT2D eigenvalue weighted by Gasteiger charge is 2.15. The Labute approximate surface area is 123 Å². The third-order valence-corrected chi connectivity index (χ3v) is 3.93. The first-order valence-electron chi connectivity index (χ1n) is 7.22. The van der Waals surface area contributed by atoms with E-state index in [-0.39, 0.29) is 6.54 Å². The summed E-state index contributed by atoms with van der Waals surface area (Å²) in [7, 11) is 1.76. The Morgan fingerprint density at radius 3 is 2.81 bits per heavy atom. The molecule has 0 saturated carbocycles. The quantitative estimate of drug-likeness (QED) is 0.934. The molecule has 110 valence electrons. The average molecular weight is 285 g/mol. The first-order chi connectivity index (χ1) is 10.1. The van der Waals surface area contributed by atoms with Crippen LogP contribution < -0.4 is 9.80 Å². The predicted octanol–water partition coefficient (Wildman–Crippen LogP) is 2.36. The third-order valence-electron chi connectivity index (χ3n) is 3.93. The number of carbonyl (C=O) groups is 1. The number of anilines is 2. The Bertz CT molecular complexity index is 666. The van der Waals surface area contributed by atoms with Gasteiger partial charge in [0.05, 0.1) is 0 Å². The van der Waals surface area contributed by atoms with Crippen molar-refractivity contribution >= 4 is 28.2 Å². The molecule has 1 saturated heterocycles. The number of carboxylic acids is 1. The van der Waals surface area contributed by atoms with E-state index in [1.54, 1.807) is 18.1 Å². The molecule has 1 aromatic carbocycles. The molecule has 2 aromatic rings. The van der Waals surface area contributed by atoms with E-state index < -0.39 is 5.97 Å². The van der Waals surface area contributed by atoms with Gasteiger partial charge in [0.2, 0.25) is 0 Å². The second-order valence-corrected chi connectivity index (χ2v) is 5.48. The van der Waals surface area contributed by atoms with Crippen molar-refractivity contribution in [2.24, 2.45) is 0 Å². The van der Waals surface area contributed by atoms with E-state index in [0.29, 0.717) is 0 Å². The lowest BCUT2D eigenvalue weighted by Gasteiger charge is -2.21. The van der Waals surface area contributed by atoms with Crippen molar-refractivity contribution in [3.05, 3.63) is 30.5 Å². The number of pyridine rings is 1. The summed E-state index contributed by atoms with van der Waals surface area (Å²) in [6.07, 6.45) is 4.19. The van der Waals surface area contributed by atoms with E-state index >= 15 is 0 Å². The van der Waals surface area contributed by atoms with E-state index in [1.807, 2.05) is 6.07 Å². The van der Waals surface area contributed by atoms with Crippen molar-refractivity contribution in [3.63, 3.8) is 0 Å². The van der Waals surface area contributed by atoms with Gasteiger partial charge in [-0.2, -0.15) is 0 Å². The van der Waals surface area contributed by atoms with Gasteiger partial charge in [-0.15, -0.1) is 0 Å². The Morgan fingerprint density at radius 1 is 1.33 bits per heavy atom. The van der Waals surface area contributed by atoms with Gasteiger partial charge < -0.3 is 14.9 Å². The van der Waals surface area contributed by atoms with Gasteiger partial charge in [0.1, 0.15) is 12.4 Å². The highest BCUT2D eigenvalue weighted by Crippen LogP contribution is 2.29. The molecule has 0 spiro atoms. The predicted molar refractivity (Wildman–Crippen MR) is 84.1 cm³/mol. The van der Waals surface area contributed by atoms with Crippen LogP contribution in [0.1, 0.15) is 12.8 Å². The van der Waals surface area contributed by atoms with Crippen LogP contribution >= 0.6 is 0 Å². The number of nitrogens with zero attached hydrogens (tertiary/aromatic N) is 3. The molecule has 2 heterocycles. The van der Waals surface area contributed by atoms with Gasteiger partial charge in [-0.3, -0.25) is 4.79 Å². The van der Waals surface area contributed by atoms with Crippen molar-refractivity contribution in [2.75, 3.05) is 36.5 Å². The lowest BCUT2D eigenvalue weighted by molar-refractivity contribution is -0.135. The molecular weight excluding hydrogens is 266 g/mol. The van der Waals surface area contributed by atoms with E-state index in [0.717, 1.165) is 29.7 Å². The minimum Gasteiger partial charge on any atom is -0.480 e. The van der Waals surface area contributed by atoms with Crippen molar-refractivity contribution in [3.8, 4) is 0 Å². The van der Waals surface area contributed by atoms with Crippen LogP contribution in [0.2, 0.25) is 0 Å². The second kappa shape index (κ2) is 5.60. The van der Waals surface area contributed by atoms with E-state index in [4.69, 9.17) is 5.11 Å². The van der Waals surface area contributed by atoms with Gasteiger partial charge in [-0.1, -0.05) is 6.07 Å². The zero-order valence-corrected chi connectivity index (χ0v) is 12.1. The Kier molecular flexibility index (Phi) is 3.64. The molecule has 21 heavy (non-hydrogen) atoms. The highest BCUT2D eigenvalue weighted by atomic mass is 16.4. The normalized spacial score (nSPS) is 14.6. The second-order valence-electron chi connectivity index (χ2n) is 5.48. The first kappa shape index (κ1) is 13.7. The van der Waals surface area contributed by atoms with E-state index in [2.05, 4.69) is 28.1 Å². The van der Waals surface area contributed by atoms with Crippen LogP contribution in [0.15, 0.2) is 30.5 Å². The molecule has 1 aliphatic heterocycles. The monoisotopic (exact) mass is 285 g/mol. The fourth-order valence-electron chi connectivity index (χ4n) is 2.89. The fraction of sp³-hybridized carbons (Fsp3) is 0.375. The standard InChI is InChI=1S/C16H19N3O2/c1-18(11-15(20)21)16-14-10-13(19-8-2-3-9-19)5-4-12(14)6-7-17-16/h4-7,10H,2-3,8-9,11H2,1H3,(H,20,21). The van der Waals surface area contributed by atoms with Crippen molar-refractivity contribution in [1.29, 1.82) is 0 Å². The summed E-state index contributed by atoms with van der Waals surface area (Å²) < 4.78 is 0. The zero-order valence-electron chi connectivity index (χ0n) is 12.1. The minimum atomic E-state index is -0.855. The summed E-state index contributed by atoms with van der Waals surface area (Å²) in [4.78, 5) is 19.3. The first-order valence-corrected chi connectivity index (χ1v) is 7.22. The number of rotatable bonds is 4.